The summed E-state index contributed by atoms with van der Waals surface area (Å²) in [6, 6.07) is 0. The van der Waals surface area contributed by atoms with Gasteiger partial charge in [-0.1, -0.05) is 33.4 Å². The highest BCUT2D eigenvalue weighted by molar-refractivity contribution is 5.28. The van der Waals surface area contributed by atoms with E-state index in [0.717, 1.165) is 0 Å². The fraction of sp³-hybridized carbons (Fsp3) is 0.455. The fourth-order valence-corrected chi connectivity index (χ4v) is 0.487. The number of hydrogen-bond donors (Lipinski definition) is 1. The molecule has 4 heteroatoms. The maximum absolute atomic E-state index is 12.7. The van der Waals surface area contributed by atoms with Gasteiger partial charge in [0.1, 0.15) is 5.76 Å². The zero-order chi connectivity index (χ0) is 12.4. The summed E-state index contributed by atoms with van der Waals surface area (Å²) in [5.74, 6) is -4.21. The molecule has 0 spiro atoms. The van der Waals surface area contributed by atoms with Crippen LogP contribution in [0.3, 0.4) is 0 Å². The monoisotopic (exact) mass is 220 g/mol. The van der Waals surface area contributed by atoms with Gasteiger partial charge in [-0.3, -0.25) is 0 Å². The number of aliphatic hydroxyl groups excluding tert-OH is 1. The van der Waals surface area contributed by atoms with Crippen molar-refractivity contribution in [3.63, 3.8) is 0 Å². The molecule has 0 aromatic carbocycles. The molecule has 0 unspecified atom stereocenters. The van der Waals surface area contributed by atoms with E-state index in [1.165, 1.54) is 6.42 Å². The van der Waals surface area contributed by atoms with Crippen LogP contribution in [0.1, 0.15) is 27.2 Å². The van der Waals surface area contributed by atoms with Gasteiger partial charge in [-0.05, 0) is 6.92 Å². The number of ether oxygens (including phenoxy) is 1. The summed E-state index contributed by atoms with van der Waals surface area (Å²) in [6.45, 7) is 11.9. The molecule has 0 heterocycles. The molecule has 0 radical (unpaired) electrons. The summed E-state index contributed by atoms with van der Waals surface area (Å²) in [5, 5.41) is 8.44. The third-order valence-corrected chi connectivity index (χ3v) is 1.01. The van der Waals surface area contributed by atoms with Gasteiger partial charge in [0.2, 0.25) is 11.7 Å². The smallest absolute Gasteiger partial charge is 0.203 e. The van der Waals surface area contributed by atoms with Gasteiger partial charge in [0, 0.05) is 0 Å². The second-order valence-corrected chi connectivity index (χ2v) is 2.64. The maximum atomic E-state index is 12.7. The summed E-state index contributed by atoms with van der Waals surface area (Å²) in [5.41, 5.74) is 0. The molecule has 2 nitrogen and oxygen atoms in total. The van der Waals surface area contributed by atoms with Crippen molar-refractivity contribution >= 4 is 0 Å². The standard InChI is InChI=1S/C8H10F2O2.C3H8/c1-4-12-6(3)8(10)7(9)5(2)11;1-3-2/h11H,2-4H2,1H3;3H2,1-2H3/b8-7-;. The lowest BCUT2D eigenvalue weighted by Crippen LogP contribution is -1.94. The van der Waals surface area contributed by atoms with Crippen molar-refractivity contribution in [1.29, 1.82) is 0 Å². The molecule has 0 amide bonds. The average molecular weight is 220 g/mol. The molecule has 0 rings (SSSR count). The number of aliphatic hydroxyl groups is 1. The normalized spacial score (nSPS) is 10.7. The van der Waals surface area contributed by atoms with Crippen molar-refractivity contribution in [1.82, 2.24) is 0 Å². The molecule has 1 N–H and O–H groups in total. The number of allylic oxidation sites excluding steroid dienone is 2. The zero-order valence-electron chi connectivity index (χ0n) is 9.44. The van der Waals surface area contributed by atoms with Crippen LogP contribution in [0.5, 0.6) is 0 Å². The number of hydrogen-bond acceptors (Lipinski definition) is 2. The van der Waals surface area contributed by atoms with Gasteiger partial charge in [-0.25, -0.2) is 0 Å². The van der Waals surface area contributed by atoms with E-state index >= 15 is 0 Å². The van der Waals surface area contributed by atoms with Crippen molar-refractivity contribution in [2.75, 3.05) is 6.61 Å². The van der Waals surface area contributed by atoms with Gasteiger partial charge in [0.05, 0.1) is 6.61 Å². The molecule has 0 saturated heterocycles. The molecule has 0 aliphatic carbocycles. The van der Waals surface area contributed by atoms with Crippen LogP contribution in [0.15, 0.2) is 36.3 Å². The summed E-state index contributed by atoms with van der Waals surface area (Å²) in [4.78, 5) is 0. The minimum absolute atomic E-state index is 0.178. The molecule has 0 bridgehead atoms. The van der Waals surface area contributed by atoms with Crippen LogP contribution in [0.25, 0.3) is 0 Å². The van der Waals surface area contributed by atoms with Crippen molar-refractivity contribution in [3.05, 3.63) is 36.3 Å². The lowest BCUT2D eigenvalue weighted by molar-refractivity contribution is 0.222. The van der Waals surface area contributed by atoms with Crippen molar-refractivity contribution in [3.8, 4) is 0 Å². The molecule has 0 aliphatic rings. The van der Waals surface area contributed by atoms with Crippen LogP contribution in [0, 0.1) is 0 Å². The van der Waals surface area contributed by atoms with E-state index in [-0.39, 0.29) is 6.61 Å². The third kappa shape index (κ3) is 7.73. The quantitative estimate of drug-likeness (QED) is 0.569. The zero-order valence-corrected chi connectivity index (χ0v) is 9.44. The van der Waals surface area contributed by atoms with Crippen LogP contribution in [-0.4, -0.2) is 11.7 Å². The summed E-state index contributed by atoms with van der Waals surface area (Å²) >= 11 is 0. The Morgan fingerprint density at radius 2 is 1.53 bits per heavy atom. The Labute approximate surface area is 89.6 Å². The summed E-state index contributed by atoms with van der Waals surface area (Å²) in [7, 11) is 0. The van der Waals surface area contributed by atoms with Crippen LogP contribution >= 0.6 is 0 Å². The topological polar surface area (TPSA) is 29.5 Å². The summed E-state index contributed by atoms with van der Waals surface area (Å²) in [6.07, 6.45) is 1.25. The van der Waals surface area contributed by atoms with E-state index in [0.29, 0.717) is 0 Å². The molecule has 15 heavy (non-hydrogen) atoms. The average Bonchev–Trinajstić information content (AvgIpc) is 2.17. The van der Waals surface area contributed by atoms with Crippen LogP contribution in [-0.2, 0) is 4.74 Å². The van der Waals surface area contributed by atoms with E-state index in [1.807, 2.05) is 0 Å². The molecule has 0 atom stereocenters. The summed E-state index contributed by atoms with van der Waals surface area (Å²) < 4.78 is 29.7. The van der Waals surface area contributed by atoms with Gasteiger partial charge in [0.15, 0.2) is 5.76 Å². The second kappa shape index (κ2) is 9.24. The Balaban J connectivity index is 0. The first-order valence-electron chi connectivity index (χ1n) is 4.67. The third-order valence-electron chi connectivity index (χ3n) is 1.01. The van der Waals surface area contributed by atoms with Crippen molar-refractivity contribution < 1.29 is 18.6 Å². The largest absolute Gasteiger partial charge is 0.505 e. The van der Waals surface area contributed by atoms with Gasteiger partial charge < -0.3 is 9.84 Å². The van der Waals surface area contributed by atoms with E-state index in [4.69, 9.17) is 5.11 Å². The SMILES string of the molecule is C=C(O)/C(F)=C(/F)C(=C)OCC.CCC. The first-order chi connectivity index (χ1) is 6.92. The van der Waals surface area contributed by atoms with Crippen LogP contribution < -0.4 is 0 Å². The Hall–Kier alpha value is -1.32. The Morgan fingerprint density at radius 3 is 1.80 bits per heavy atom. The molecule has 0 saturated carbocycles. The number of halogens is 2. The molecule has 0 aromatic heterocycles. The van der Waals surface area contributed by atoms with Crippen molar-refractivity contribution in [2.45, 2.75) is 27.2 Å². The highest BCUT2D eigenvalue weighted by Crippen LogP contribution is 2.20. The first kappa shape index (κ1) is 16.1. The predicted molar refractivity (Wildman–Crippen MR) is 57.7 cm³/mol. The highest BCUT2D eigenvalue weighted by atomic mass is 19.2. The van der Waals surface area contributed by atoms with Gasteiger partial charge in [-0.2, -0.15) is 8.78 Å². The Morgan fingerprint density at radius 1 is 1.13 bits per heavy atom. The highest BCUT2D eigenvalue weighted by Gasteiger charge is 2.12. The van der Waals surface area contributed by atoms with Crippen LogP contribution in [0.2, 0.25) is 0 Å². The van der Waals surface area contributed by atoms with Gasteiger partial charge in [-0.15, -0.1) is 0 Å². The minimum Gasteiger partial charge on any atom is -0.505 e. The Kier molecular flexibility index (Phi) is 9.94. The second-order valence-electron chi connectivity index (χ2n) is 2.64. The van der Waals surface area contributed by atoms with E-state index in [2.05, 4.69) is 31.7 Å². The fourth-order valence-electron chi connectivity index (χ4n) is 0.487. The molecule has 88 valence electrons. The van der Waals surface area contributed by atoms with E-state index in [9.17, 15) is 8.78 Å². The van der Waals surface area contributed by atoms with Crippen LogP contribution in [0.4, 0.5) is 8.78 Å². The predicted octanol–water partition coefficient (Wildman–Crippen LogP) is 4.18. The van der Waals surface area contributed by atoms with E-state index in [1.54, 1.807) is 6.92 Å². The molecular weight excluding hydrogens is 202 g/mol. The minimum atomic E-state index is -1.45. The maximum Gasteiger partial charge on any atom is 0.203 e. The molecule has 0 aromatic rings. The lowest BCUT2D eigenvalue weighted by atomic mass is 10.3. The van der Waals surface area contributed by atoms with Crippen molar-refractivity contribution in [2.24, 2.45) is 0 Å². The lowest BCUT2D eigenvalue weighted by Gasteiger charge is -2.04. The molecular formula is C11H18F2O2. The molecule has 0 aliphatic heterocycles. The Bertz CT molecular complexity index is 245. The van der Waals surface area contributed by atoms with Gasteiger partial charge >= 0.3 is 0 Å². The van der Waals surface area contributed by atoms with Gasteiger partial charge in [0.25, 0.3) is 0 Å². The van der Waals surface area contributed by atoms with E-state index < -0.39 is 23.2 Å². The molecule has 0 fully saturated rings. The first-order valence-corrected chi connectivity index (χ1v) is 4.67. The number of rotatable bonds is 4.